The smallest absolute Gasteiger partial charge is 0.435 e. The molecule has 32 heavy (non-hydrogen) atoms. The molecule has 0 N–H and O–H groups in total. The molecule has 0 unspecified atom stereocenters. The number of rotatable bonds is 6. The molecule has 2 heterocycles. The molecule has 0 saturated heterocycles. The third-order valence-electron chi connectivity index (χ3n) is 5.66. The van der Waals surface area contributed by atoms with Gasteiger partial charge in [-0.3, -0.25) is 4.79 Å². The Labute approximate surface area is 183 Å². The Morgan fingerprint density at radius 3 is 2.62 bits per heavy atom. The average Bonchev–Trinajstić information content (AvgIpc) is 3.12. The molecule has 168 valence electrons. The highest BCUT2D eigenvalue weighted by Gasteiger charge is 2.44. The summed E-state index contributed by atoms with van der Waals surface area (Å²) in [5.74, 6) is 0.00247. The molecule has 0 bridgehead atoms. The predicted octanol–water partition coefficient (Wildman–Crippen LogP) is 5.20. The van der Waals surface area contributed by atoms with Crippen molar-refractivity contribution < 1.29 is 27.4 Å². The number of ether oxygens (including phenoxy) is 2. The first-order valence-electron chi connectivity index (χ1n) is 10.3. The van der Waals surface area contributed by atoms with Gasteiger partial charge in [0.1, 0.15) is 11.9 Å². The summed E-state index contributed by atoms with van der Waals surface area (Å²) in [6.07, 6.45) is -4.43. The molecule has 8 heteroatoms. The van der Waals surface area contributed by atoms with Gasteiger partial charge >= 0.3 is 6.18 Å². The van der Waals surface area contributed by atoms with E-state index in [-0.39, 0.29) is 30.1 Å². The summed E-state index contributed by atoms with van der Waals surface area (Å²) >= 11 is 0. The molecule has 2 atom stereocenters. The van der Waals surface area contributed by atoms with Crippen LogP contribution in [0.15, 0.2) is 54.6 Å². The van der Waals surface area contributed by atoms with Gasteiger partial charge in [-0.05, 0) is 36.5 Å². The fourth-order valence-corrected chi connectivity index (χ4v) is 4.21. The Hall–Kier alpha value is -3.29. The van der Waals surface area contributed by atoms with Gasteiger partial charge in [0.25, 0.3) is 0 Å². The van der Waals surface area contributed by atoms with Crippen LogP contribution >= 0.6 is 0 Å². The monoisotopic (exact) mass is 444 g/mol. The van der Waals surface area contributed by atoms with Crippen LogP contribution in [0, 0.1) is 0 Å². The second-order valence-corrected chi connectivity index (χ2v) is 7.91. The SMILES string of the molecule is COc1cccc(C(=O)C[C@@H]2C[C@@H](Cc3ccccc3)c3c(C(F)(F)F)nn(C)c3O2)c1. The molecule has 1 aliphatic rings. The number of ketones is 1. The lowest BCUT2D eigenvalue weighted by Gasteiger charge is -2.31. The molecule has 0 aliphatic carbocycles. The number of aryl methyl sites for hydroxylation is 1. The number of carbonyl (C=O) groups is 1. The molecule has 5 nitrogen and oxygen atoms in total. The Kier molecular flexibility index (Phi) is 5.95. The maximum Gasteiger partial charge on any atom is 0.435 e. The Bertz CT molecular complexity index is 1110. The molecular formula is C24H23F3N2O3. The quantitative estimate of drug-likeness (QED) is 0.491. The van der Waals surface area contributed by atoms with Crippen LogP contribution in [-0.4, -0.2) is 28.8 Å². The number of carbonyl (C=O) groups excluding carboxylic acids is 1. The number of benzene rings is 2. The van der Waals surface area contributed by atoms with E-state index in [0.29, 0.717) is 17.7 Å². The third kappa shape index (κ3) is 4.49. The van der Waals surface area contributed by atoms with Crippen LogP contribution in [0.5, 0.6) is 11.6 Å². The van der Waals surface area contributed by atoms with Gasteiger partial charge in [-0.25, -0.2) is 4.68 Å². The Balaban J connectivity index is 1.64. The summed E-state index contributed by atoms with van der Waals surface area (Å²) < 4.78 is 53.3. The minimum Gasteiger partial charge on any atom is -0.497 e. The molecule has 4 rings (SSSR count). The molecule has 1 aliphatic heterocycles. The van der Waals surface area contributed by atoms with Crippen LogP contribution in [0.1, 0.15) is 45.9 Å². The summed E-state index contributed by atoms with van der Waals surface area (Å²) in [5, 5.41) is 3.72. The van der Waals surface area contributed by atoms with E-state index in [0.717, 1.165) is 10.2 Å². The first kappa shape index (κ1) is 21.9. The van der Waals surface area contributed by atoms with Crippen molar-refractivity contribution in [2.24, 2.45) is 7.05 Å². The fraction of sp³-hybridized carbons (Fsp3) is 0.333. The maximum absolute atomic E-state index is 13.7. The van der Waals surface area contributed by atoms with E-state index in [1.54, 1.807) is 24.3 Å². The van der Waals surface area contributed by atoms with E-state index >= 15 is 0 Å². The van der Waals surface area contributed by atoms with E-state index < -0.39 is 23.9 Å². The van der Waals surface area contributed by atoms with Crippen molar-refractivity contribution in [3.63, 3.8) is 0 Å². The fourth-order valence-electron chi connectivity index (χ4n) is 4.21. The largest absolute Gasteiger partial charge is 0.497 e. The second kappa shape index (κ2) is 8.68. The van der Waals surface area contributed by atoms with Gasteiger partial charge in [0.15, 0.2) is 11.5 Å². The molecular weight excluding hydrogens is 421 g/mol. The predicted molar refractivity (Wildman–Crippen MR) is 112 cm³/mol. The summed E-state index contributed by atoms with van der Waals surface area (Å²) in [6, 6.07) is 16.1. The van der Waals surface area contributed by atoms with E-state index in [2.05, 4.69) is 5.10 Å². The number of hydrogen-bond acceptors (Lipinski definition) is 4. The van der Waals surface area contributed by atoms with Crippen molar-refractivity contribution in [3.05, 3.63) is 77.0 Å². The Morgan fingerprint density at radius 1 is 1.19 bits per heavy atom. The van der Waals surface area contributed by atoms with Crippen LogP contribution in [-0.2, 0) is 19.6 Å². The summed E-state index contributed by atoms with van der Waals surface area (Å²) in [5.41, 5.74) is 0.530. The zero-order valence-electron chi connectivity index (χ0n) is 17.7. The maximum atomic E-state index is 13.7. The minimum absolute atomic E-state index is 0.0461. The van der Waals surface area contributed by atoms with E-state index in [9.17, 15) is 18.0 Å². The molecule has 0 fully saturated rings. The van der Waals surface area contributed by atoms with Crippen LogP contribution in [0.3, 0.4) is 0 Å². The third-order valence-corrected chi connectivity index (χ3v) is 5.66. The normalized spacial score (nSPS) is 18.0. The van der Waals surface area contributed by atoms with Crippen LogP contribution in [0.25, 0.3) is 0 Å². The number of aromatic nitrogens is 2. The number of Topliss-reactive ketones (excluding diaryl/α,β-unsaturated/α-hetero) is 1. The zero-order chi connectivity index (χ0) is 22.9. The molecule has 1 aromatic heterocycles. The zero-order valence-corrected chi connectivity index (χ0v) is 17.7. The van der Waals surface area contributed by atoms with Crippen molar-refractivity contribution >= 4 is 5.78 Å². The average molecular weight is 444 g/mol. The Morgan fingerprint density at radius 2 is 1.94 bits per heavy atom. The van der Waals surface area contributed by atoms with Gasteiger partial charge in [0, 0.05) is 19.0 Å². The van der Waals surface area contributed by atoms with Gasteiger partial charge in [-0.2, -0.15) is 18.3 Å². The van der Waals surface area contributed by atoms with Gasteiger partial charge in [0.2, 0.25) is 5.88 Å². The number of methoxy groups -OCH3 is 1. The van der Waals surface area contributed by atoms with Crippen molar-refractivity contribution in [1.29, 1.82) is 0 Å². The number of fused-ring (bicyclic) bond motifs is 1. The van der Waals surface area contributed by atoms with Gasteiger partial charge in [-0.15, -0.1) is 0 Å². The van der Waals surface area contributed by atoms with Crippen LogP contribution in [0.4, 0.5) is 13.2 Å². The van der Waals surface area contributed by atoms with Gasteiger partial charge in [0.05, 0.1) is 12.7 Å². The van der Waals surface area contributed by atoms with E-state index in [4.69, 9.17) is 9.47 Å². The van der Waals surface area contributed by atoms with Crippen LogP contribution in [0.2, 0.25) is 0 Å². The minimum atomic E-state index is -4.59. The topological polar surface area (TPSA) is 53.3 Å². The van der Waals surface area contributed by atoms with Gasteiger partial charge in [-0.1, -0.05) is 42.5 Å². The van der Waals surface area contributed by atoms with Gasteiger partial charge < -0.3 is 9.47 Å². The highest BCUT2D eigenvalue weighted by molar-refractivity contribution is 5.96. The first-order valence-corrected chi connectivity index (χ1v) is 10.3. The molecule has 0 saturated carbocycles. The standard InChI is InChI=1S/C24H23F3N2O3/c1-29-23-21(22(28-29)24(25,26)27)17(11-15-7-4-3-5-8-15)13-19(32-23)14-20(30)16-9-6-10-18(12-16)31-2/h3-10,12,17,19H,11,13-14H2,1-2H3/t17-,19+/m1/s1. The second-order valence-electron chi connectivity index (χ2n) is 7.91. The lowest BCUT2D eigenvalue weighted by atomic mass is 9.84. The van der Waals surface area contributed by atoms with Crippen LogP contribution < -0.4 is 9.47 Å². The number of halogens is 3. The lowest BCUT2D eigenvalue weighted by molar-refractivity contribution is -0.142. The van der Waals surface area contributed by atoms with E-state index in [1.165, 1.54) is 14.2 Å². The molecule has 3 aromatic rings. The lowest BCUT2D eigenvalue weighted by Crippen LogP contribution is -2.30. The van der Waals surface area contributed by atoms with Crippen molar-refractivity contribution in [3.8, 4) is 11.6 Å². The van der Waals surface area contributed by atoms with Crippen molar-refractivity contribution in [2.45, 2.75) is 37.5 Å². The highest BCUT2D eigenvalue weighted by Crippen LogP contribution is 2.46. The molecule has 0 spiro atoms. The van der Waals surface area contributed by atoms with Crippen molar-refractivity contribution in [1.82, 2.24) is 9.78 Å². The molecule has 0 radical (unpaired) electrons. The number of alkyl halides is 3. The van der Waals surface area contributed by atoms with E-state index in [1.807, 2.05) is 30.3 Å². The molecule has 2 aromatic carbocycles. The molecule has 0 amide bonds. The summed E-state index contributed by atoms with van der Waals surface area (Å²) in [6.45, 7) is 0. The number of nitrogens with zero attached hydrogens (tertiary/aromatic N) is 2. The highest BCUT2D eigenvalue weighted by atomic mass is 19.4. The first-order chi connectivity index (χ1) is 15.3. The summed E-state index contributed by atoms with van der Waals surface area (Å²) in [4.78, 5) is 12.9. The van der Waals surface area contributed by atoms with Crippen molar-refractivity contribution in [2.75, 3.05) is 7.11 Å². The summed E-state index contributed by atoms with van der Waals surface area (Å²) in [7, 11) is 2.95. The number of hydrogen-bond donors (Lipinski definition) is 0.